The maximum absolute atomic E-state index is 13.7. The van der Waals surface area contributed by atoms with E-state index in [9.17, 15) is 9.18 Å². The lowest BCUT2D eigenvalue weighted by molar-refractivity contribution is 0.0520. The van der Waals surface area contributed by atoms with Gasteiger partial charge in [-0.25, -0.2) is 14.2 Å². The fraction of sp³-hybridized carbons (Fsp3) is 0.167. The summed E-state index contributed by atoms with van der Waals surface area (Å²) in [5.74, 6) is -0.869. The van der Waals surface area contributed by atoms with E-state index in [1.54, 1.807) is 24.4 Å². The van der Waals surface area contributed by atoms with E-state index in [4.69, 9.17) is 4.74 Å². The Morgan fingerprint density at radius 2 is 2.33 bits per heavy atom. The van der Waals surface area contributed by atoms with E-state index in [0.717, 1.165) is 0 Å². The molecule has 1 aromatic heterocycles. The van der Waals surface area contributed by atoms with Crippen molar-refractivity contribution in [2.75, 3.05) is 6.61 Å². The van der Waals surface area contributed by atoms with Crippen LogP contribution >= 0.6 is 27.3 Å². The molecule has 2 rings (SSSR count). The number of thiazole rings is 1. The van der Waals surface area contributed by atoms with Crippen LogP contribution in [0.25, 0.3) is 10.6 Å². The molecule has 0 spiro atoms. The van der Waals surface area contributed by atoms with E-state index in [1.807, 2.05) is 0 Å². The standard InChI is InChI=1S/C12H9BrFNO2S/c1-2-17-12(16)10-6-18-11(15-10)8-4-3-7(13)5-9(8)14/h3-6H,2H2,1H3. The molecule has 0 amide bonds. The van der Waals surface area contributed by atoms with E-state index in [0.29, 0.717) is 21.7 Å². The van der Waals surface area contributed by atoms with Crippen molar-refractivity contribution in [2.24, 2.45) is 0 Å². The molecule has 0 atom stereocenters. The summed E-state index contributed by atoms with van der Waals surface area (Å²) in [6.45, 7) is 2.01. The molecule has 3 nitrogen and oxygen atoms in total. The summed E-state index contributed by atoms with van der Waals surface area (Å²) in [6, 6.07) is 4.71. The summed E-state index contributed by atoms with van der Waals surface area (Å²) in [5, 5.41) is 2.03. The van der Waals surface area contributed by atoms with Crippen LogP contribution < -0.4 is 0 Å². The number of ether oxygens (including phenoxy) is 1. The van der Waals surface area contributed by atoms with Crippen LogP contribution in [0, 0.1) is 5.82 Å². The Hall–Kier alpha value is -1.27. The maximum atomic E-state index is 13.7. The lowest BCUT2D eigenvalue weighted by Gasteiger charge is -1.99. The van der Waals surface area contributed by atoms with Crippen LogP contribution in [0.1, 0.15) is 17.4 Å². The van der Waals surface area contributed by atoms with Gasteiger partial charge in [-0.1, -0.05) is 15.9 Å². The Bertz CT molecular complexity index is 585. The summed E-state index contributed by atoms with van der Waals surface area (Å²) < 4.78 is 19.2. The van der Waals surface area contributed by atoms with Gasteiger partial charge in [0.1, 0.15) is 10.8 Å². The molecule has 1 heterocycles. The molecule has 1 aromatic carbocycles. The topological polar surface area (TPSA) is 39.2 Å². The predicted molar refractivity (Wildman–Crippen MR) is 71.2 cm³/mol. The molecule has 6 heteroatoms. The van der Waals surface area contributed by atoms with Gasteiger partial charge in [0, 0.05) is 15.4 Å². The number of carbonyl (C=O) groups excluding carboxylic acids is 1. The third-order valence-electron chi connectivity index (χ3n) is 2.15. The molecule has 0 N–H and O–H groups in total. The summed E-state index contributed by atoms with van der Waals surface area (Å²) in [7, 11) is 0. The minimum atomic E-state index is -0.488. The van der Waals surface area contributed by atoms with E-state index >= 15 is 0 Å². The van der Waals surface area contributed by atoms with Crippen molar-refractivity contribution < 1.29 is 13.9 Å². The second kappa shape index (κ2) is 5.58. The van der Waals surface area contributed by atoms with Crippen LogP contribution in [0.15, 0.2) is 28.1 Å². The van der Waals surface area contributed by atoms with Crippen LogP contribution in [0.3, 0.4) is 0 Å². The zero-order valence-electron chi connectivity index (χ0n) is 9.44. The molecule has 0 radical (unpaired) electrons. The predicted octanol–water partition coefficient (Wildman–Crippen LogP) is 3.89. The minimum Gasteiger partial charge on any atom is -0.461 e. The smallest absolute Gasteiger partial charge is 0.357 e. The summed E-state index contributed by atoms with van der Waals surface area (Å²) in [4.78, 5) is 15.5. The monoisotopic (exact) mass is 329 g/mol. The molecule has 0 fully saturated rings. The van der Waals surface area contributed by atoms with Crippen molar-refractivity contribution in [3.8, 4) is 10.6 Å². The summed E-state index contributed by atoms with van der Waals surface area (Å²) >= 11 is 4.40. The van der Waals surface area contributed by atoms with Crippen molar-refractivity contribution in [2.45, 2.75) is 6.92 Å². The van der Waals surface area contributed by atoms with Crippen LogP contribution in [0.2, 0.25) is 0 Å². The number of carbonyl (C=O) groups is 1. The van der Waals surface area contributed by atoms with Crippen LogP contribution in [-0.2, 0) is 4.74 Å². The maximum Gasteiger partial charge on any atom is 0.357 e. The van der Waals surface area contributed by atoms with Crippen molar-refractivity contribution in [1.29, 1.82) is 0 Å². The largest absolute Gasteiger partial charge is 0.461 e. The Balaban J connectivity index is 2.32. The van der Waals surface area contributed by atoms with Gasteiger partial charge in [-0.05, 0) is 25.1 Å². The first-order valence-corrected chi connectivity index (χ1v) is 6.87. The Morgan fingerprint density at radius 1 is 1.56 bits per heavy atom. The van der Waals surface area contributed by atoms with E-state index in [2.05, 4.69) is 20.9 Å². The lowest BCUT2D eigenvalue weighted by atomic mass is 10.2. The Kier molecular flexibility index (Phi) is 4.08. The van der Waals surface area contributed by atoms with Gasteiger partial charge in [-0.15, -0.1) is 11.3 Å². The fourth-order valence-electron chi connectivity index (χ4n) is 1.36. The van der Waals surface area contributed by atoms with E-state index < -0.39 is 5.97 Å². The number of aromatic nitrogens is 1. The van der Waals surface area contributed by atoms with Crippen LogP contribution in [0.4, 0.5) is 4.39 Å². The second-order valence-electron chi connectivity index (χ2n) is 3.38. The second-order valence-corrected chi connectivity index (χ2v) is 5.16. The number of benzene rings is 1. The third kappa shape index (κ3) is 2.76. The van der Waals surface area contributed by atoms with Gasteiger partial charge in [0.15, 0.2) is 5.69 Å². The van der Waals surface area contributed by atoms with Crippen molar-refractivity contribution in [3.63, 3.8) is 0 Å². The van der Waals surface area contributed by atoms with Crippen LogP contribution in [0.5, 0.6) is 0 Å². The van der Waals surface area contributed by atoms with Gasteiger partial charge in [0.2, 0.25) is 0 Å². The highest BCUT2D eigenvalue weighted by Crippen LogP contribution is 2.28. The molecule has 0 saturated heterocycles. The SMILES string of the molecule is CCOC(=O)c1csc(-c2ccc(Br)cc2F)n1. The number of halogens is 2. The molecule has 0 unspecified atom stereocenters. The third-order valence-corrected chi connectivity index (χ3v) is 3.52. The molecule has 2 aromatic rings. The molecule has 18 heavy (non-hydrogen) atoms. The molecule has 0 aliphatic heterocycles. The summed E-state index contributed by atoms with van der Waals surface area (Å²) in [5.41, 5.74) is 0.581. The zero-order chi connectivity index (χ0) is 13.1. The van der Waals surface area contributed by atoms with Gasteiger partial charge in [-0.2, -0.15) is 0 Å². The summed E-state index contributed by atoms with van der Waals surface area (Å²) in [6.07, 6.45) is 0. The zero-order valence-corrected chi connectivity index (χ0v) is 11.8. The molecule has 0 aliphatic rings. The first-order valence-electron chi connectivity index (χ1n) is 5.20. The molecule has 0 aliphatic carbocycles. The number of hydrogen-bond donors (Lipinski definition) is 0. The van der Waals surface area contributed by atoms with Crippen molar-refractivity contribution in [1.82, 2.24) is 4.98 Å². The van der Waals surface area contributed by atoms with Crippen LogP contribution in [-0.4, -0.2) is 17.6 Å². The average Bonchev–Trinajstić information content (AvgIpc) is 2.78. The normalized spacial score (nSPS) is 10.4. The number of hydrogen-bond acceptors (Lipinski definition) is 4. The number of esters is 1. The lowest BCUT2D eigenvalue weighted by Crippen LogP contribution is -2.04. The highest BCUT2D eigenvalue weighted by molar-refractivity contribution is 9.10. The van der Waals surface area contributed by atoms with Crippen molar-refractivity contribution >= 4 is 33.2 Å². The van der Waals surface area contributed by atoms with Gasteiger partial charge in [0.05, 0.1) is 6.61 Å². The van der Waals surface area contributed by atoms with Gasteiger partial charge >= 0.3 is 5.97 Å². The molecule has 0 bridgehead atoms. The van der Waals surface area contributed by atoms with E-state index in [-0.39, 0.29) is 11.5 Å². The number of rotatable bonds is 3. The molecule has 0 saturated carbocycles. The Morgan fingerprint density at radius 3 is 3.00 bits per heavy atom. The molecule has 94 valence electrons. The Labute approximate surface area is 116 Å². The molecular formula is C12H9BrFNO2S. The quantitative estimate of drug-likeness (QED) is 0.802. The van der Waals surface area contributed by atoms with E-state index in [1.165, 1.54) is 17.4 Å². The van der Waals surface area contributed by atoms with Crippen molar-refractivity contribution in [3.05, 3.63) is 39.6 Å². The highest BCUT2D eigenvalue weighted by atomic mass is 79.9. The fourth-order valence-corrected chi connectivity index (χ4v) is 2.51. The first kappa shape index (κ1) is 13.2. The molecular weight excluding hydrogens is 321 g/mol. The van der Waals surface area contributed by atoms with Gasteiger partial charge in [-0.3, -0.25) is 0 Å². The number of nitrogens with zero attached hydrogens (tertiary/aromatic N) is 1. The van der Waals surface area contributed by atoms with Gasteiger partial charge in [0.25, 0.3) is 0 Å². The highest BCUT2D eigenvalue weighted by Gasteiger charge is 2.14. The first-order chi connectivity index (χ1) is 8.61. The average molecular weight is 330 g/mol. The van der Waals surface area contributed by atoms with Gasteiger partial charge < -0.3 is 4.74 Å². The minimum absolute atomic E-state index is 0.208.